The van der Waals surface area contributed by atoms with Gasteiger partial charge < -0.3 is 70.0 Å². The topological polar surface area (TPSA) is 416 Å². The number of carbonyl (C=O) groups excluding carboxylic acids is 7. The number of carbonyl (C=O) groups is 7. The summed E-state index contributed by atoms with van der Waals surface area (Å²) < 4.78 is 0. The van der Waals surface area contributed by atoms with Crippen molar-refractivity contribution in [2.45, 2.75) is 75.9 Å². The molecule has 364 valence electrons. The molecule has 0 aliphatic rings. The fourth-order valence-electron chi connectivity index (χ4n) is 6.00. The van der Waals surface area contributed by atoms with Crippen molar-refractivity contribution in [2.24, 2.45) is 17.2 Å². The van der Waals surface area contributed by atoms with E-state index in [0.29, 0.717) is 45.3 Å². The fraction of sp³-hybridized carbons (Fsp3) is 0.487. The summed E-state index contributed by atoms with van der Waals surface area (Å²) in [6, 6.07) is -5.32. The van der Waals surface area contributed by atoms with E-state index in [1.165, 1.54) is 49.0 Å². The van der Waals surface area contributed by atoms with Gasteiger partial charge in [-0.1, -0.05) is 0 Å². The van der Waals surface area contributed by atoms with Gasteiger partial charge in [-0.2, -0.15) is 0 Å². The minimum absolute atomic E-state index is 0.0396. The van der Waals surface area contributed by atoms with E-state index in [-0.39, 0.29) is 60.6 Å². The first-order chi connectivity index (χ1) is 31.7. The van der Waals surface area contributed by atoms with Crippen LogP contribution in [0.5, 0.6) is 0 Å². The van der Waals surface area contributed by atoms with Crippen LogP contribution in [0.4, 0.5) is 5.82 Å². The van der Waals surface area contributed by atoms with Crippen LogP contribution in [-0.2, 0) is 41.3 Å². The molecule has 4 heterocycles. The highest BCUT2D eigenvalue weighted by Gasteiger charge is 2.33. The van der Waals surface area contributed by atoms with E-state index in [4.69, 9.17) is 22.9 Å². The zero-order valence-electron chi connectivity index (χ0n) is 37.2. The molecule has 67 heavy (non-hydrogen) atoms. The smallest absolute Gasteiger partial charge is 0.271 e. The lowest BCUT2D eigenvalue weighted by Gasteiger charge is -2.24. The number of aliphatic hydroxyl groups is 2. The van der Waals surface area contributed by atoms with E-state index < -0.39 is 78.2 Å². The third-order valence-corrected chi connectivity index (χ3v) is 12.6. The Morgan fingerprint density at radius 2 is 1.60 bits per heavy atom. The lowest BCUT2D eigenvalue weighted by atomic mass is 10.1. The van der Waals surface area contributed by atoms with Crippen molar-refractivity contribution in [2.75, 3.05) is 50.2 Å². The number of primary amides is 2. The summed E-state index contributed by atoms with van der Waals surface area (Å²) in [4.78, 5) is 113. The highest BCUT2D eigenvalue weighted by atomic mass is 32.2. The van der Waals surface area contributed by atoms with E-state index in [1.807, 2.05) is 0 Å². The number of hydrogen-bond acceptors (Lipinski definition) is 19. The van der Waals surface area contributed by atoms with Crippen molar-refractivity contribution < 1.29 is 43.8 Å². The summed E-state index contributed by atoms with van der Waals surface area (Å²) in [6.45, 7) is 2.87. The maximum Gasteiger partial charge on any atom is 0.271 e. The van der Waals surface area contributed by atoms with Crippen molar-refractivity contribution in [3.8, 4) is 10.7 Å². The molecule has 0 unspecified atom stereocenters. The van der Waals surface area contributed by atoms with E-state index in [2.05, 4.69) is 74.3 Å². The molecule has 0 bridgehead atoms. The van der Waals surface area contributed by atoms with Crippen LogP contribution in [0.2, 0.25) is 0 Å². The van der Waals surface area contributed by atoms with Crippen molar-refractivity contribution in [3.05, 3.63) is 56.8 Å². The standard InChI is InChI=1S/C39H56N16O9S3/c1-18-28(53-34(55-32(18)42)21(12-25(41)57)48-13-20(40)33(43)60)38(64)54-30(31(59)22-14-44-17-49-22)37(63)46-9-6-26(58)52-29(19(2)56)36(62)47-10-7-27-50-24(16-65-27)39-51-23(15-66-39)35(61)45-8-5-11-67(3)4/h14-17,19-21,29-31,48,56,59H,5-13,40H2,1-4H3,(H11-,41,42,43,44,45,46,47,49,52,53,54,55,57,58,60,61,62,63,64)/p+1/t19-,20+,21+,29+,30+,31+/m1/s1. The lowest BCUT2D eigenvalue weighted by molar-refractivity contribution is -0.131. The summed E-state index contributed by atoms with van der Waals surface area (Å²) in [5.41, 5.74) is 23.1. The zero-order valence-corrected chi connectivity index (χ0v) is 39.6. The number of hydrogen-bond donors (Lipinski definition) is 13. The summed E-state index contributed by atoms with van der Waals surface area (Å²) in [7, 11) is 0.303. The van der Waals surface area contributed by atoms with Gasteiger partial charge in [0.25, 0.3) is 11.8 Å². The molecule has 4 rings (SSSR count). The predicted molar refractivity (Wildman–Crippen MR) is 250 cm³/mol. The SMILES string of the molecule is Cc1c(N)nc([C@H](CC(N)=O)NC[C@H](N)C(N)=O)nc1C(=O)N[C@H](C(=O)NCCC(=O)N[C@H](C(=O)NCCc1nc(-c2nc(C(=O)NCCC[S+](C)C)cs2)cs1)[C@@H](C)O)[C@@H](O)c1cnc[nH]1. The molecule has 4 aromatic heterocycles. The Balaban J connectivity index is 1.33. The summed E-state index contributed by atoms with van der Waals surface area (Å²) in [5.74, 6) is -4.54. The number of nitrogens with zero attached hydrogens (tertiary/aromatic N) is 5. The third-order valence-electron chi connectivity index (χ3n) is 9.70. The monoisotopic (exact) mass is 989 g/mol. The quantitative estimate of drug-likeness (QED) is 0.0204. The van der Waals surface area contributed by atoms with Crippen LogP contribution in [0.25, 0.3) is 10.7 Å². The van der Waals surface area contributed by atoms with Gasteiger partial charge in [0.1, 0.15) is 57.7 Å². The molecule has 17 N–H and O–H groups in total. The van der Waals surface area contributed by atoms with E-state index >= 15 is 0 Å². The highest BCUT2D eigenvalue weighted by Crippen LogP contribution is 2.26. The number of H-pyrrole nitrogens is 1. The molecule has 0 saturated carbocycles. The Morgan fingerprint density at radius 3 is 2.25 bits per heavy atom. The molecule has 25 nitrogen and oxygen atoms in total. The van der Waals surface area contributed by atoms with Gasteiger partial charge in [0.05, 0.1) is 53.9 Å². The minimum atomic E-state index is -1.72. The number of aromatic amines is 1. The number of imidazole rings is 1. The van der Waals surface area contributed by atoms with Gasteiger partial charge in [0.2, 0.25) is 29.5 Å². The van der Waals surface area contributed by atoms with Gasteiger partial charge >= 0.3 is 0 Å². The van der Waals surface area contributed by atoms with Crippen LogP contribution in [0.3, 0.4) is 0 Å². The molecule has 0 aliphatic carbocycles. The molecule has 4 aromatic rings. The molecular formula is C39H57N16O9S3+. The molecular weight excluding hydrogens is 933 g/mol. The van der Waals surface area contributed by atoms with Gasteiger partial charge in [0.15, 0.2) is 0 Å². The maximum absolute atomic E-state index is 13.8. The number of anilines is 1. The second-order valence-electron chi connectivity index (χ2n) is 15.3. The fourth-order valence-corrected chi connectivity index (χ4v) is 8.33. The van der Waals surface area contributed by atoms with Crippen LogP contribution in [0.1, 0.15) is 81.4 Å². The summed E-state index contributed by atoms with van der Waals surface area (Å²) >= 11 is 2.64. The Kier molecular flexibility index (Phi) is 20.5. The van der Waals surface area contributed by atoms with Crippen molar-refractivity contribution >= 4 is 80.7 Å². The molecule has 7 amide bonds. The number of rotatable bonds is 27. The molecule has 28 heteroatoms. The first-order valence-electron chi connectivity index (χ1n) is 20.7. The van der Waals surface area contributed by atoms with E-state index in [1.54, 1.807) is 10.8 Å². The summed E-state index contributed by atoms with van der Waals surface area (Å²) in [5, 5.41) is 42.0. The Bertz CT molecular complexity index is 2340. The normalized spacial score (nSPS) is 14.0. The van der Waals surface area contributed by atoms with Crippen molar-refractivity contribution in [3.63, 3.8) is 0 Å². The van der Waals surface area contributed by atoms with Gasteiger partial charge in [0, 0.05) is 68.2 Å². The molecule has 0 aliphatic heterocycles. The highest BCUT2D eigenvalue weighted by molar-refractivity contribution is 7.95. The average molecular weight is 990 g/mol. The molecule has 0 radical (unpaired) electrons. The van der Waals surface area contributed by atoms with Crippen LogP contribution in [-0.4, -0.2) is 150 Å². The molecule has 6 atom stereocenters. The predicted octanol–water partition coefficient (Wildman–Crippen LogP) is -3.45. The number of nitrogen functional groups attached to an aromatic ring is 1. The Hall–Kier alpha value is -6.17. The second kappa shape index (κ2) is 25.7. The van der Waals surface area contributed by atoms with Gasteiger partial charge in [-0.15, -0.1) is 22.7 Å². The van der Waals surface area contributed by atoms with Crippen molar-refractivity contribution in [1.82, 2.24) is 61.8 Å². The van der Waals surface area contributed by atoms with Gasteiger partial charge in [-0.05, 0) is 24.7 Å². The molecule has 0 saturated heterocycles. The number of aromatic nitrogens is 6. The van der Waals surface area contributed by atoms with Crippen LogP contribution >= 0.6 is 22.7 Å². The van der Waals surface area contributed by atoms with E-state index in [9.17, 15) is 43.8 Å². The number of nitrogens with one attached hydrogen (secondary N) is 7. The molecule has 0 aromatic carbocycles. The minimum Gasteiger partial charge on any atom is -0.391 e. The number of amides is 7. The summed E-state index contributed by atoms with van der Waals surface area (Å²) in [6.07, 6.45) is 4.17. The second-order valence-corrected chi connectivity index (χ2v) is 19.5. The van der Waals surface area contributed by atoms with Gasteiger partial charge in [-0.25, -0.2) is 24.9 Å². The lowest BCUT2D eigenvalue weighted by Crippen LogP contribution is -2.53. The molecule has 0 spiro atoms. The number of nitrogens with two attached hydrogens (primary N) is 4. The average Bonchev–Trinajstić information content (AvgIpc) is 4.08. The Morgan fingerprint density at radius 1 is 0.881 bits per heavy atom. The van der Waals surface area contributed by atoms with Gasteiger partial charge in [-0.3, -0.25) is 33.6 Å². The first kappa shape index (κ1) is 53.4. The molecule has 0 fully saturated rings. The first-order valence-corrected chi connectivity index (χ1v) is 24.7. The van der Waals surface area contributed by atoms with Crippen molar-refractivity contribution in [1.29, 1.82) is 0 Å². The third kappa shape index (κ3) is 16.3. The largest absolute Gasteiger partial charge is 0.391 e. The Labute approximate surface area is 395 Å². The maximum atomic E-state index is 13.8. The van der Waals surface area contributed by atoms with Crippen LogP contribution in [0.15, 0.2) is 23.3 Å². The number of thiazole rings is 2. The van der Waals surface area contributed by atoms with Crippen LogP contribution < -0.4 is 54.8 Å². The number of aliphatic hydroxyl groups excluding tert-OH is 2. The zero-order chi connectivity index (χ0) is 49.4. The van der Waals surface area contributed by atoms with E-state index in [0.717, 1.165) is 12.2 Å². The van der Waals surface area contributed by atoms with Crippen LogP contribution in [0, 0.1) is 6.92 Å².